The number of nitrogens with zero attached hydrogens (tertiary/aromatic N) is 2. The number of pyridine rings is 2. The molecule has 2 aromatic heterocycles. The van der Waals surface area contributed by atoms with Crippen LogP contribution < -0.4 is 31.2 Å². The number of halogens is 4. The summed E-state index contributed by atoms with van der Waals surface area (Å²) in [5, 5.41) is 11.6. The molecule has 4 atom stereocenters. The molecule has 71 heavy (non-hydrogen) atoms. The molecule has 0 radical (unpaired) electrons. The number of nitrogens with one attached hydrogen (secondary N) is 3. The Morgan fingerprint density at radius 3 is 1.27 bits per heavy atom. The maximum atomic E-state index is 13.3. The number of ether oxygens (including phenoxy) is 2. The van der Waals surface area contributed by atoms with Gasteiger partial charge in [-0.2, -0.15) is 0 Å². The Bertz CT molecular complexity index is 2740. The Kier molecular flexibility index (Phi) is 19.8. The van der Waals surface area contributed by atoms with Crippen LogP contribution in [-0.2, 0) is 22.4 Å². The molecule has 0 fully saturated rings. The molecule has 0 bridgehead atoms. The van der Waals surface area contributed by atoms with Gasteiger partial charge >= 0.3 is 0 Å². The van der Waals surface area contributed by atoms with E-state index >= 15 is 0 Å². The van der Waals surface area contributed by atoms with E-state index in [0.29, 0.717) is 38.5 Å². The predicted molar refractivity (Wildman–Crippen MR) is 283 cm³/mol. The fraction of sp³-hybridized carbons (Fsp3) is 0.309. The van der Waals surface area contributed by atoms with Crippen molar-refractivity contribution in [2.45, 2.75) is 109 Å². The van der Waals surface area contributed by atoms with Gasteiger partial charge in [0.05, 0.1) is 11.1 Å². The Hall–Kier alpha value is -6.18. The molecule has 374 valence electrons. The molecule has 4 unspecified atom stereocenters. The van der Waals surface area contributed by atoms with Crippen LogP contribution in [0.1, 0.15) is 110 Å². The van der Waals surface area contributed by atoms with Crippen LogP contribution in [0.15, 0.2) is 134 Å². The number of amides is 4. The van der Waals surface area contributed by atoms with Crippen molar-refractivity contribution in [1.29, 1.82) is 0 Å². The highest BCUT2D eigenvalue weighted by molar-refractivity contribution is 6.31. The molecule has 0 spiro atoms. The standard InChI is InChI=1S/C29H33Cl2N3O3.C26H27Cl2N3O3/c1-18(2)33-27(35)22-11-14-26(32-17-22)37-29(4,5)28(36)34-19(3)25(21-7-6-8-24(31)16-21)15-20-9-12-23(30)13-10-20;1-16(31-25(33)26(2,3)34-23-12-9-19(15-30-23)24(29)32)22(18-5-4-6-21(28)14-18)13-17-7-10-20(27)11-8-17/h6-14,16-19,25H,15H2,1-5H3,(H,33,35)(H,34,36);4-12,14-16,22H,13H2,1-3H3,(H2,29,32)(H,31,33). The highest BCUT2D eigenvalue weighted by atomic mass is 35.5. The second kappa shape index (κ2) is 25.3. The van der Waals surface area contributed by atoms with Crippen LogP contribution in [0.3, 0.4) is 0 Å². The molecule has 16 heteroatoms. The summed E-state index contributed by atoms with van der Waals surface area (Å²) in [5.41, 5.74) is 7.72. The van der Waals surface area contributed by atoms with Crippen LogP contribution in [0, 0.1) is 0 Å². The van der Waals surface area contributed by atoms with E-state index in [9.17, 15) is 19.2 Å². The average Bonchev–Trinajstić information content (AvgIpc) is 3.31. The number of carbonyl (C=O) groups is 4. The maximum absolute atomic E-state index is 13.3. The van der Waals surface area contributed by atoms with E-state index in [4.69, 9.17) is 61.6 Å². The van der Waals surface area contributed by atoms with Crippen LogP contribution >= 0.6 is 46.4 Å². The average molecular weight is 1040 g/mol. The first kappa shape index (κ1) is 55.7. The molecule has 0 aliphatic rings. The van der Waals surface area contributed by atoms with Gasteiger partial charge in [0.1, 0.15) is 0 Å². The summed E-state index contributed by atoms with van der Waals surface area (Å²) in [6.07, 6.45) is 4.11. The van der Waals surface area contributed by atoms with Gasteiger partial charge in [-0.1, -0.05) is 94.9 Å². The van der Waals surface area contributed by atoms with Crippen LogP contribution in [0.4, 0.5) is 0 Å². The van der Waals surface area contributed by atoms with Crippen molar-refractivity contribution in [2.75, 3.05) is 0 Å². The highest BCUT2D eigenvalue weighted by Crippen LogP contribution is 2.30. The van der Waals surface area contributed by atoms with Crippen molar-refractivity contribution < 1.29 is 28.7 Å². The third kappa shape index (κ3) is 17.0. The fourth-order valence-corrected chi connectivity index (χ4v) is 8.12. The molecule has 5 N–H and O–H groups in total. The zero-order valence-corrected chi connectivity index (χ0v) is 44.0. The number of carbonyl (C=O) groups excluding carboxylic acids is 4. The van der Waals surface area contributed by atoms with E-state index in [-0.39, 0.29) is 65.0 Å². The van der Waals surface area contributed by atoms with Crippen molar-refractivity contribution in [3.05, 3.63) is 187 Å². The second-order valence-electron chi connectivity index (χ2n) is 18.5. The number of benzene rings is 4. The summed E-state index contributed by atoms with van der Waals surface area (Å²) in [6, 6.07) is 36.4. The summed E-state index contributed by atoms with van der Waals surface area (Å²) in [6.45, 7) is 14.4. The maximum Gasteiger partial charge on any atom is 0.263 e. The van der Waals surface area contributed by atoms with Crippen molar-refractivity contribution in [1.82, 2.24) is 25.9 Å². The monoisotopic (exact) mass is 1040 g/mol. The molecule has 0 aliphatic heterocycles. The van der Waals surface area contributed by atoms with E-state index in [0.717, 1.165) is 22.3 Å². The van der Waals surface area contributed by atoms with Gasteiger partial charge in [0, 0.05) is 74.6 Å². The van der Waals surface area contributed by atoms with Crippen molar-refractivity contribution in [3.63, 3.8) is 0 Å². The summed E-state index contributed by atoms with van der Waals surface area (Å²) >= 11 is 24.6. The zero-order valence-electron chi connectivity index (χ0n) is 40.9. The van der Waals surface area contributed by atoms with Crippen LogP contribution in [0.2, 0.25) is 20.1 Å². The topological polar surface area (TPSA) is 175 Å². The van der Waals surface area contributed by atoms with Gasteiger partial charge in [-0.05, 0) is 151 Å². The summed E-state index contributed by atoms with van der Waals surface area (Å²) in [5.74, 6) is -1.02. The van der Waals surface area contributed by atoms with E-state index in [2.05, 4.69) is 25.9 Å². The summed E-state index contributed by atoms with van der Waals surface area (Å²) in [7, 11) is 0. The third-order valence-corrected chi connectivity index (χ3v) is 12.4. The number of hydrogen-bond acceptors (Lipinski definition) is 8. The summed E-state index contributed by atoms with van der Waals surface area (Å²) in [4.78, 5) is 58.2. The van der Waals surface area contributed by atoms with E-state index in [1.807, 2.05) is 125 Å². The molecule has 0 saturated carbocycles. The number of rotatable bonds is 19. The van der Waals surface area contributed by atoms with Gasteiger partial charge in [-0.25, -0.2) is 9.97 Å². The number of hydrogen-bond donors (Lipinski definition) is 4. The Balaban J connectivity index is 0.000000265. The van der Waals surface area contributed by atoms with Crippen molar-refractivity contribution >= 4 is 70.0 Å². The molecule has 4 amide bonds. The molecule has 0 saturated heterocycles. The van der Waals surface area contributed by atoms with Gasteiger partial charge in [0.25, 0.3) is 17.7 Å². The zero-order chi connectivity index (χ0) is 52.0. The first-order valence-electron chi connectivity index (χ1n) is 23.0. The fourth-order valence-electron chi connectivity index (χ4n) is 7.47. The molecule has 2 heterocycles. The van der Waals surface area contributed by atoms with Gasteiger partial charge in [-0.3, -0.25) is 19.2 Å². The van der Waals surface area contributed by atoms with E-state index in [1.165, 1.54) is 24.5 Å². The summed E-state index contributed by atoms with van der Waals surface area (Å²) < 4.78 is 11.7. The van der Waals surface area contributed by atoms with Crippen LogP contribution in [0.5, 0.6) is 11.8 Å². The predicted octanol–water partition coefficient (Wildman–Crippen LogP) is 11.4. The smallest absolute Gasteiger partial charge is 0.263 e. The molecule has 0 aliphatic carbocycles. The quantitative estimate of drug-likeness (QED) is 0.0620. The minimum atomic E-state index is -1.21. The second-order valence-corrected chi connectivity index (χ2v) is 20.2. The molecule has 4 aromatic carbocycles. The highest BCUT2D eigenvalue weighted by Gasteiger charge is 2.35. The lowest BCUT2D eigenvalue weighted by Gasteiger charge is -2.30. The SMILES string of the molecule is CC(C)NC(=O)c1ccc(OC(C)(C)C(=O)NC(C)C(Cc2ccc(Cl)cc2)c2cccc(Cl)c2)nc1.CC(NC(=O)C(C)(C)Oc1ccc(C(N)=O)cn1)C(Cc1ccc(Cl)cc1)c1cccc(Cl)c1. The van der Waals surface area contributed by atoms with Gasteiger partial charge in [0.2, 0.25) is 17.7 Å². The number of nitrogens with two attached hydrogens (primary N) is 1. The normalized spacial score (nSPS) is 13.1. The number of primary amides is 1. The lowest BCUT2D eigenvalue weighted by Crippen LogP contribution is -2.51. The Morgan fingerprint density at radius 2 is 0.930 bits per heavy atom. The van der Waals surface area contributed by atoms with E-state index in [1.54, 1.807) is 39.8 Å². The lowest BCUT2D eigenvalue weighted by atomic mass is 9.86. The largest absolute Gasteiger partial charge is 0.462 e. The first-order valence-corrected chi connectivity index (χ1v) is 24.5. The lowest BCUT2D eigenvalue weighted by molar-refractivity contribution is -0.135. The molecular weight excluding hydrogens is 982 g/mol. The Labute approximate surface area is 436 Å². The number of aromatic nitrogens is 2. The third-order valence-electron chi connectivity index (χ3n) is 11.5. The Morgan fingerprint density at radius 1 is 0.535 bits per heavy atom. The van der Waals surface area contributed by atoms with Gasteiger partial charge in [0.15, 0.2) is 11.2 Å². The van der Waals surface area contributed by atoms with Gasteiger partial charge in [-0.15, -0.1) is 0 Å². The molecule has 12 nitrogen and oxygen atoms in total. The van der Waals surface area contributed by atoms with E-state index < -0.39 is 17.1 Å². The minimum absolute atomic E-state index is 0.0171. The first-order chi connectivity index (χ1) is 33.5. The van der Waals surface area contributed by atoms with Gasteiger partial charge < -0.3 is 31.2 Å². The van der Waals surface area contributed by atoms with Crippen molar-refractivity contribution in [3.8, 4) is 11.8 Å². The van der Waals surface area contributed by atoms with Crippen LogP contribution in [-0.4, -0.2) is 62.9 Å². The van der Waals surface area contributed by atoms with Crippen LogP contribution in [0.25, 0.3) is 0 Å². The molecule has 6 aromatic rings. The molecular formula is C55H60Cl4N6O6. The molecule has 6 rings (SSSR count). The minimum Gasteiger partial charge on any atom is -0.462 e. The van der Waals surface area contributed by atoms with Crippen molar-refractivity contribution in [2.24, 2.45) is 5.73 Å².